The highest BCUT2D eigenvalue weighted by Gasteiger charge is 2.36. The van der Waals surface area contributed by atoms with Gasteiger partial charge < -0.3 is 9.80 Å². The molecule has 8 rings (SSSR count). The maximum Gasteiger partial charge on any atom is 0.0543 e. The van der Waals surface area contributed by atoms with Crippen molar-refractivity contribution in [3.63, 3.8) is 0 Å². The van der Waals surface area contributed by atoms with Gasteiger partial charge in [0.25, 0.3) is 0 Å². The molecule has 6 aromatic rings. The molecule has 2 nitrogen and oxygen atoms in total. The molecule has 0 N–H and O–H groups in total. The first-order valence-corrected chi connectivity index (χ1v) is 19.6. The molecule has 0 aromatic heterocycles. The lowest BCUT2D eigenvalue weighted by atomic mass is 9.72. The van der Waals surface area contributed by atoms with Gasteiger partial charge in [0.2, 0.25) is 0 Å². The average molecular weight is 705 g/mol. The lowest BCUT2D eigenvalue weighted by molar-refractivity contribution is 0.520. The minimum absolute atomic E-state index is 0.177. The van der Waals surface area contributed by atoms with E-state index in [1.54, 1.807) is 0 Å². The molecule has 54 heavy (non-hydrogen) atoms. The van der Waals surface area contributed by atoms with Crippen LogP contribution in [0.4, 0.5) is 28.4 Å². The van der Waals surface area contributed by atoms with Crippen LogP contribution >= 0.6 is 0 Å². The number of benzene rings is 6. The fraction of sp³-hybridized carbons (Fsp3) is 0.231. The average Bonchev–Trinajstić information content (AvgIpc) is 3.14. The molecule has 2 aliphatic carbocycles. The zero-order valence-corrected chi connectivity index (χ0v) is 33.2. The number of hydrogen-bond donors (Lipinski definition) is 0. The Morgan fingerprint density at radius 3 is 1.46 bits per heavy atom. The molecule has 0 heterocycles. The standard InChI is InChI=1S/C52H52N2/c1-33-19-23-41(27-37(33)5)53(42-24-20-34(2)38(6)28-42)51-32-50-46-16-13-14-18-48(46)52(31-49(50)45-15-11-9-10-12-17-47(45)51)54(43-25-21-35(3)39(7)29-43)44-26-22-36(4)40(8)30-44/h9-10,12-14,16-32,45,47H,11,15H2,1-8H3/b10-9-,17-12?. The number of nitrogens with zero attached hydrogens (tertiary/aromatic N) is 2. The molecule has 2 unspecified atom stereocenters. The lowest BCUT2D eigenvalue weighted by Gasteiger charge is -2.41. The number of rotatable bonds is 6. The molecule has 6 aromatic carbocycles. The van der Waals surface area contributed by atoms with Crippen LogP contribution < -0.4 is 9.80 Å². The molecule has 2 aliphatic rings. The molecule has 2 heteroatoms. The van der Waals surface area contributed by atoms with Crippen molar-refractivity contribution in [2.75, 3.05) is 9.80 Å². The van der Waals surface area contributed by atoms with Gasteiger partial charge in [-0.05, 0) is 196 Å². The number of fused-ring (bicyclic) bond motifs is 5. The van der Waals surface area contributed by atoms with Gasteiger partial charge in [-0.3, -0.25) is 0 Å². The second-order valence-corrected chi connectivity index (χ2v) is 15.8. The smallest absolute Gasteiger partial charge is 0.0543 e. The Bertz CT molecular complexity index is 2410. The van der Waals surface area contributed by atoms with E-state index >= 15 is 0 Å². The molecule has 0 amide bonds. The highest BCUT2D eigenvalue weighted by molar-refractivity contribution is 6.05. The van der Waals surface area contributed by atoms with Crippen molar-refractivity contribution in [3.05, 3.63) is 189 Å². The Kier molecular flexibility index (Phi) is 9.40. The maximum atomic E-state index is 2.55. The highest BCUT2D eigenvalue weighted by Crippen LogP contribution is 2.52. The number of aryl methyl sites for hydroxylation is 8. The van der Waals surface area contributed by atoms with E-state index in [9.17, 15) is 0 Å². The van der Waals surface area contributed by atoms with Crippen LogP contribution in [0, 0.1) is 61.3 Å². The van der Waals surface area contributed by atoms with Crippen molar-refractivity contribution in [2.45, 2.75) is 74.1 Å². The van der Waals surface area contributed by atoms with E-state index in [1.807, 2.05) is 0 Å². The Hall–Kier alpha value is -5.60. The Morgan fingerprint density at radius 1 is 0.481 bits per heavy atom. The monoisotopic (exact) mass is 704 g/mol. The summed E-state index contributed by atoms with van der Waals surface area (Å²) in [5.41, 5.74) is 20.5. The number of anilines is 5. The zero-order chi connectivity index (χ0) is 37.7. The first-order chi connectivity index (χ1) is 26.1. The summed E-state index contributed by atoms with van der Waals surface area (Å²) in [6.07, 6.45) is 14.0. The molecule has 0 spiro atoms. The molecule has 0 saturated heterocycles. The predicted molar refractivity (Wildman–Crippen MR) is 233 cm³/mol. The number of allylic oxidation sites excluding steroid dienone is 4. The predicted octanol–water partition coefficient (Wildman–Crippen LogP) is 14.6. The zero-order valence-electron chi connectivity index (χ0n) is 33.2. The van der Waals surface area contributed by atoms with E-state index in [0.717, 1.165) is 12.8 Å². The van der Waals surface area contributed by atoms with Crippen LogP contribution in [0.15, 0.2) is 133 Å². The van der Waals surface area contributed by atoms with Crippen molar-refractivity contribution in [1.82, 2.24) is 0 Å². The Labute approximate surface area is 322 Å². The molecule has 0 aliphatic heterocycles. The third-order valence-electron chi connectivity index (χ3n) is 12.3. The topological polar surface area (TPSA) is 6.48 Å². The van der Waals surface area contributed by atoms with Crippen molar-refractivity contribution < 1.29 is 0 Å². The van der Waals surface area contributed by atoms with Gasteiger partial charge in [0.05, 0.1) is 5.69 Å². The summed E-state index contributed by atoms with van der Waals surface area (Å²) < 4.78 is 0. The minimum atomic E-state index is 0.177. The Balaban J connectivity index is 1.43. The van der Waals surface area contributed by atoms with E-state index in [1.165, 1.54) is 101 Å². The molecule has 270 valence electrons. The highest BCUT2D eigenvalue weighted by atomic mass is 15.2. The largest absolute Gasteiger partial charge is 0.314 e. The molecular weight excluding hydrogens is 653 g/mol. The van der Waals surface area contributed by atoms with Gasteiger partial charge in [-0.1, -0.05) is 72.8 Å². The third kappa shape index (κ3) is 6.38. The van der Waals surface area contributed by atoms with Gasteiger partial charge in [-0.2, -0.15) is 0 Å². The van der Waals surface area contributed by atoms with Crippen LogP contribution in [-0.4, -0.2) is 0 Å². The van der Waals surface area contributed by atoms with Crippen molar-refractivity contribution in [3.8, 4) is 0 Å². The van der Waals surface area contributed by atoms with Crippen LogP contribution in [0.1, 0.15) is 74.4 Å². The van der Waals surface area contributed by atoms with E-state index in [2.05, 4.69) is 199 Å². The normalized spacial score (nSPS) is 16.9. The van der Waals surface area contributed by atoms with E-state index < -0.39 is 0 Å². The molecule has 2 atom stereocenters. The van der Waals surface area contributed by atoms with Crippen molar-refractivity contribution >= 4 is 45.3 Å². The SMILES string of the molecule is Cc1ccc(N(C2=Cc3c(cc(N(c4ccc(C)c(C)c4)c4ccc(C)c(C)c4)c4ccccc34)C3CC/C=C\C=CC23)c2ccc(C)c(C)c2)cc1C. The van der Waals surface area contributed by atoms with Crippen LogP contribution in [0.5, 0.6) is 0 Å². The van der Waals surface area contributed by atoms with Gasteiger partial charge in [-0.15, -0.1) is 0 Å². The fourth-order valence-electron chi connectivity index (χ4n) is 8.45. The molecule has 0 fully saturated rings. The first-order valence-electron chi connectivity index (χ1n) is 19.6. The minimum Gasteiger partial charge on any atom is -0.314 e. The lowest BCUT2D eigenvalue weighted by Crippen LogP contribution is -2.29. The van der Waals surface area contributed by atoms with Crippen molar-refractivity contribution in [1.29, 1.82) is 0 Å². The van der Waals surface area contributed by atoms with Crippen LogP contribution in [0.25, 0.3) is 16.8 Å². The number of hydrogen-bond acceptors (Lipinski definition) is 2. The summed E-state index contributed by atoms with van der Waals surface area (Å²) in [5, 5.41) is 2.55. The van der Waals surface area contributed by atoms with Gasteiger partial charge in [0, 0.05) is 39.8 Å². The van der Waals surface area contributed by atoms with Crippen LogP contribution in [0.2, 0.25) is 0 Å². The summed E-state index contributed by atoms with van der Waals surface area (Å²) in [6, 6.07) is 39.4. The van der Waals surface area contributed by atoms with E-state index in [0.29, 0.717) is 0 Å². The van der Waals surface area contributed by atoms with Gasteiger partial charge in [-0.25, -0.2) is 0 Å². The summed E-state index contributed by atoms with van der Waals surface area (Å²) in [5.74, 6) is 0.461. The first kappa shape index (κ1) is 35.4. The summed E-state index contributed by atoms with van der Waals surface area (Å²) in [4.78, 5) is 5.05. The Morgan fingerprint density at radius 2 is 0.963 bits per heavy atom. The van der Waals surface area contributed by atoms with Crippen molar-refractivity contribution in [2.24, 2.45) is 5.92 Å². The molecular formula is C52H52N2. The fourth-order valence-corrected chi connectivity index (χ4v) is 8.45. The van der Waals surface area contributed by atoms with Gasteiger partial charge >= 0.3 is 0 Å². The van der Waals surface area contributed by atoms with Gasteiger partial charge in [0.1, 0.15) is 0 Å². The van der Waals surface area contributed by atoms with Crippen LogP contribution in [-0.2, 0) is 0 Å². The molecule has 0 bridgehead atoms. The molecule has 0 saturated carbocycles. The second kappa shape index (κ2) is 14.3. The summed E-state index contributed by atoms with van der Waals surface area (Å²) in [6.45, 7) is 17.7. The van der Waals surface area contributed by atoms with E-state index in [4.69, 9.17) is 0 Å². The summed E-state index contributed by atoms with van der Waals surface area (Å²) >= 11 is 0. The maximum absolute atomic E-state index is 2.55. The van der Waals surface area contributed by atoms with E-state index in [-0.39, 0.29) is 11.8 Å². The third-order valence-corrected chi connectivity index (χ3v) is 12.3. The van der Waals surface area contributed by atoms with Crippen LogP contribution in [0.3, 0.4) is 0 Å². The van der Waals surface area contributed by atoms with Gasteiger partial charge in [0.15, 0.2) is 0 Å². The quantitative estimate of drug-likeness (QED) is 0.170. The summed E-state index contributed by atoms with van der Waals surface area (Å²) in [7, 11) is 0. The second-order valence-electron chi connectivity index (χ2n) is 15.8. The molecule has 0 radical (unpaired) electrons.